The number of amides is 1. The largest absolute Gasteiger partial charge is 0.372 e. The summed E-state index contributed by atoms with van der Waals surface area (Å²) in [4.78, 5) is 16.3. The number of rotatable bonds is 2. The smallest absolute Gasteiger partial charge is 0.255 e. The van der Waals surface area contributed by atoms with E-state index in [1.54, 1.807) is 19.1 Å². The molecule has 1 N–H and O–H groups in total. The normalized spacial score (nSPS) is 13.1. The van der Waals surface area contributed by atoms with Crippen LogP contribution in [0.25, 0.3) is 0 Å². The van der Waals surface area contributed by atoms with Crippen molar-refractivity contribution in [3.05, 3.63) is 57.9 Å². The fraction of sp³-hybridized carbons (Fsp3) is 0.200. The average molecular weight is 289 g/mol. The molecule has 2 aromatic rings. The molecular formula is C15H13ClN2O2. The molecule has 1 aromatic heterocycles. The molecular weight excluding hydrogens is 276 g/mol. The topological polar surface area (TPSA) is 51.2 Å². The molecule has 4 nitrogen and oxygen atoms in total. The van der Waals surface area contributed by atoms with Gasteiger partial charge in [0.05, 0.1) is 24.6 Å². The van der Waals surface area contributed by atoms with Gasteiger partial charge in [-0.15, -0.1) is 0 Å². The van der Waals surface area contributed by atoms with E-state index in [1.165, 1.54) is 0 Å². The number of aromatic nitrogens is 1. The number of nitrogens with one attached hydrogen (secondary N) is 1. The number of hydrogen-bond acceptors (Lipinski definition) is 3. The number of benzene rings is 1. The Morgan fingerprint density at radius 2 is 2.05 bits per heavy atom. The van der Waals surface area contributed by atoms with Gasteiger partial charge >= 0.3 is 0 Å². The molecule has 0 fully saturated rings. The van der Waals surface area contributed by atoms with Gasteiger partial charge in [0.15, 0.2) is 0 Å². The predicted molar refractivity (Wildman–Crippen MR) is 76.9 cm³/mol. The van der Waals surface area contributed by atoms with Crippen molar-refractivity contribution in [2.24, 2.45) is 0 Å². The van der Waals surface area contributed by atoms with E-state index in [4.69, 9.17) is 16.3 Å². The van der Waals surface area contributed by atoms with Crippen LogP contribution in [0.4, 0.5) is 5.69 Å². The number of fused-ring (bicyclic) bond motifs is 1. The van der Waals surface area contributed by atoms with Crippen LogP contribution >= 0.6 is 11.6 Å². The summed E-state index contributed by atoms with van der Waals surface area (Å²) in [6, 6.07) is 9.02. The molecule has 0 atom stereocenters. The molecule has 2 heterocycles. The number of halogens is 1. The number of carbonyl (C=O) groups excluding carboxylic acids is 1. The minimum absolute atomic E-state index is 0.160. The lowest BCUT2D eigenvalue weighted by molar-refractivity contribution is 0.102. The van der Waals surface area contributed by atoms with Crippen molar-refractivity contribution in [2.45, 2.75) is 20.1 Å². The van der Waals surface area contributed by atoms with Gasteiger partial charge in [-0.2, -0.15) is 0 Å². The molecule has 0 spiro atoms. The van der Waals surface area contributed by atoms with E-state index in [2.05, 4.69) is 10.3 Å². The molecule has 5 heteroatoms. The lowest BCUT2D eigenvalue weighted by Crippen LogP contribution is -2.13. The lowest BCUT2D eigenvalue weighted by Gasteiger charge is -2.08. The Labute approximate surface area is 121 Å². The third-order valence-electron chi connectivity index (χ3n) is 3.28. The highest BCUT2D eigenvalue weighted by atomic mass is 35.5. The molecule has 0 saturated carbocycles. The second kappa shape index (κ2) is 5.23. The molecule has 3 rings (SSSR count). The summed E-state index contributed by atoms with van der Waals surface area (Å²) in [7, 11) is 0. The quantitative estimate of drug-likeness (QED) is 0.863. The van der Waals surface area contributed by atoms with Crippen LogP contribution in [0.3, 0.4) is 0 Å². The highest BCUT2D eigenvalue weighted by Crippen LogP contribution is 2.22. The zero-order valence-corrected chi connectivity index (χ0v) is 11.7. The van der Waals surface area contributed by atoms with Gasteiger partial charge in [-0.25, -0.2) is 4.98 Å². The first-order valence-electron chi connectivity index (χ1n) is 6.27. The number of hydrogen-bond donors (Lipinski definition) is 1. The van der Waals surface area contributed by atoms with Crippen molar-refractivity contribution < 1.29 is 9.53 Å². The highest BCUT2D eigenvalue weighted by molar-refractivity contribution is 6.29. The molecule has 0 radical (unpaired) electrons. The third kappa shape index (κ3) is 2.53. The minimum Gasteiger partial charge on any atom is -0.372 e. The Bertz CT molecular complexity index is 686. The van der Waals surface area contributed by atoms with Gasteiger partial charge in [0.25, 0.3) is 5.91 Å². The first kappa shape index (κ1) is 13.1. The maximum atomic E-state index is 12.2. The molecule has 0 unspecified atom stereocenters. The number of pyridine rings is 1. The van der Waals surface area contributed by atoms with E-state index in [9.17, 15) is 4.79 Å². The molecule has 102 valence electrons. The lowest BCUT2D eigenvalue weighted by atomic mass is 10.1. The monoisotopic (exact) mass is 288 g/mol. The van der Waals surface area contributed by atoms with Crippen LogP contribution in [-0.4, -0.2) is 10.9 Å². The van der Waals surface area contributed by atoms with Gasteiger partial charge < -0.3 is 10.1 Å². The summed E-state index contributed by atoms with van der Waals surface area (Å²) in [5.41, 5.74) is 4.18. The fourth-order valence-corrected chi connectivity index (χ4v) is 2.36. The Balaban J connectivity index is 1.82. The van der Waals surface area contributed by atoms with Gasteiger partial charge in [0, 0.05) is 5.56 Å². The molecule has 0 aliphatic carbocycles. The summed E-state index contributed by atoms with van der Waals surface area (Å²) in [5, 5.41) is 3.26. The van der Waals surface area contributed by atoms with Gasteiger partial charge in [0.1, 0.15) is 5.15 Å². The molecule has 0 bridgehead atoms. The standard InChI is InChI=1S/C15H13ClN2O2/c1-9-13(4-5-14(16)17-9)18-15(19)10-2-3-11-7-20-8-12(11)6-10/h2-6H,7-8H2,1H3,(H,18,19). The van der Waals surface area contributed by atoms with Crippen LogP contribution in [0.5, 0.6) is 0 Å². The molecule has 1 aromatic carbocycles. The van der Waals surface area contributed by atoms with E-state index >= 15 is 0 Å². The minimum atomic E-state index is -0.160. The van der Waals surface area contributed by atoms with E-state index in [0.717, 1.165) is 11.1 Å². The maximum Gasteiger partial charge on any atom is 0.255 e. The second-order valence-corrected chi connectivity index (χ2v) is 5.08. The van der Waals surface area contributed by atoms with E-state index < -0.39 is 0 Å². The number of ether oxygens (including phenoxy) is 1. The van der Waals surface area contributed by atoms with E-state index in [-0.39, 0.29) is 5.91 Å². The zero-order valence-electron chi connectivity index (χ0n) is 10.9. The average Bonchev–Trinajstić information content (AvgIpc) is 2.89. The SMILES string of the molecule is Cc1nc(Cl)ccc1NC(=O)c1ccc2c(c1)COC2. The summed E-state index contributed by atoms with van der Waals surface area (Å²) in [6.07, 6.45) is 0. The van der Waals surface area contributed by atoms with Gasteiger partial charge in [-0.3, -0.25) is 4.79 Å². The molecule has 1 aliphatic heterocycles. The zero-order chi connectivity index (χ0) is 14.1. The van der Waals surface area contributed by atoms with Crippen molar-refractivity contribution in [3.63, 3.8) is 0 Å². The number of carbonyl (C=O) groups is 1. The Morgan fingerprint density at radius 3 is 2.85 bits per heavy atom. The molecule has 1 amide bonds. The number of anilines is 1. The van der Waals surface area contributed by atoms with E-state index in [1.807, 2.05) is 18.2 Å². The summed E-state index contributed by atoms with van der Waals surface area (Å²) in [6.45, 7) is 2.99. The van der Waals surface area contributed by atoms with Crippen molar-refractivity contribution in [1.82, 2.24) is 4.98 Å². The van der Waals surface area contributed by atoms with Crippen LogP contribution < -0.4 is 5.32 Å². The predicted octanol–water partition coefficient (Wildman–Crippen LogP) is 3.33. The fourth-order valence-electron chi connectivity index (χ4n) is 2.17. The van der Waals surface area contributed by atoms with E-state index in [0.29, 0.717) is 35.3 Å². The highest BCUT2D eigenvalue weighted by Gasteiger charge is 2.15. The summed E-state index contributed by atoms with van der Waals surface area (Å²) in [5.74, 6) is -0.160. The van der Waals surface area contributed by atoms with Gasteiger partial charge in [-0.05, 0) is 42.3 Å². The van der Waals surface area contributed by atoms with Crippen LogP contribution in [0.1, 0.15) is 27.2 Å². The third-order valence-corrected chi connectivity index (χ3v) is 3.49. The van der Waals surface area contributed by atoms with Crippen LogP contribution in [0.2, 0.25) is 5.15 Å². The Hall–Kier alpha value is -1.91. The van der Waals surface area contributed by atoms with Crippen LogP contribution in [0, 0.1) is 6.92 Å². The molecule has 1 aliphatic rings. The Kier molecular flexibility index (Phi) is 3.42. The van der Waals surface area contributed by atoms with Crippen molar-refractivity contribution in [1.29, 1.82) is 0 Å². The van der Waals surface area contributed by atoms with Crippen LogP contribution in [-0.2, 0) is 18.0 Å². The summed E-state index contributed by atoms with van der Waals surface area (Å²) >= 11 is 5.80. The number of nitrogens with zero attached hydrogens (tertiary/aromatic N) is 1. The van der Waals surface area contributed by atoms with Crippen LogP contribution in [0.15, 0.2) is 30.3 Å². The van der Waals surface area contributed by atoms with Gasteiger partial charge in [0.2, 0.25) is 0 Å². The van der Waals surface area contributed by atoms with Crippen molar-refractivity contribution >= 4 is 23.2 Å². The van der Waals surface area contributed by atoms with Gasteiger partial charge in [-0.1, -0.05) is 17.7 Å². The Morgan fingerprint density at radius 1 is 1.25 bits per heavy atom. The maximum absolute atomic E-state index is 12.2. The first-order chi connectivity index (χ1) is 9.63. The first-order valence-corrected chi connectivity index (χ1v) is 6.65. The molecule has 20 heavy (non-hydrogen) atoms. The summed E-state index contributed by atoms with van der Waals surface area (Å²) < 4.78 is 5.34. The number of aryl methyl sites for hydroxylation is 1. The second-order valence-electron chi connectivity index (χ2n) is 4.70. The van der Waals surface area contributed by atoms with Crippen molar-refractivity contribution in [3.8, 4) is 0 Å². The molecule has 0 saturated heterocycles. The van der Waals surface area contributed by atoms with Crippen molar-refractivity contribution in [2.75, 3.05) is 5.32 Å².